The van der Waals surface area contributed by atoms with Gasteiger partial charge >= 0.3 is 0 Å². The van der Waals surface area contributed by atoms with Gasteiger partial charge in [-0.15, -0.1) is 24.8 Å². The minimum Gasteiger partial charge on any atom is -0.345 e. The van der Waals surface area contributed by atoms with Crippen molar-refractivity contribution in [2.24, 2.45) is 0 Å². The molecule has 142 valence electrons. The van der Waals surface area contributed by atoms with Crippen molar-refractivity contribution in [2.75, 3.05) is 25.0 Å². The van der Waals surface area contributed by atoms with Crippen molar-refractivity contribution in [1.82, 2.24) is 25.4 Å². The third-order valence-corrected chi connectivity index (χ3v) is 4.15. The monoisotopic (exact) mass is 400 g/mol. The molecule has 2 amide bonds. The molecule has 3 heterocycles. The van der Waals surface area contributed by atoms with Gasteiger partial charge in [0.1, 0.15) is 5.54 Å². The Morgan fingerprint density at radius 2 is 1.96 bits per heavy atom. The first kappa shape index (κ1) is 21.9. The van der Waals surface area contributed by atoms with E-state index in [1.807, 2.05) is 0 Å². The van der Waals surface area contributed by atoms with E-state index in [-0.39, 0.29) is 43.2 Å². The van der Waals surface area contributed by atoms with Gasteiger partial charge in [-0.2, -0.15) is 5.10 Å². The van der Waals surface area contributed by atoms with Gasteiger partial charge in [-0.1, -0.05) is 0 Å². The molecular formula is C16H22Cl2N6O2. The third-order valence-electron chi connectivity index (χ3n) is 4.15. The molecule has 10 heteroatoms. The minimum absolute atomic E-state index is 0. The zero-order valence-electron chi connectivity index (χ0n) is 14.1. The average Bonchev–Trinajstić information content (AvgIpc) is 3.16. The molecule has 2 aromatic heterocycles. The minimum atomic E-state index is -0.747. The summed E-state index contributed by atoms with van der Waals surface area (Å²) < 4.78 is 1.70. The first-order chi connectivity index (χ1) is 11.7. The van der Waals surface area contributed by atoms with Crippen LogP contribution in [0.15, 0.2) is 43.0 Å². The van der Waals surface area contributed by atoms with E-state index in [1.165, 1.54) is 0 Å². The maximum absolute atomic E-state index is 12.8. The Kier molecular flexibility index (Phi) is 8.50. The molecule has 0 atom stereocenters. The van der Waals surface area contributed by atoms with Gasteiger partial charge in [0.2, 0.25) is 11.8 Å². The fraction of sp³-hybridized carbons (Fsp3) is 0.375. The molecule has 0 radical (unpaired) electrons. The Morgan fingerprint density at radius 1 is 1.19 bits per heavy atom. The maximum atomic E-state index is 12.8. The van der Waals surface area contributed by atoms with E-state index in [0.29, 0.717) is 18.5 Å². The number of anilines is 1. The molecule has 1 fully saturated rings. The average molecular weight is 401 g/mol. The van der Waals surface area contributed by atoms with E-state index >= 15 is 0 Å². The number of nitrogens with zero attached hydrogens (tertiary/aromatic N) is 3. The second kappa shape index (κ2) is 10.1. The largest absolute Gasteiger partial charge is 0.345 e. The van der Waals surface area contributed by atoms with Crippen LogP contribution < -0.4 is 16.0 Å². The van der Waals surface area contributed by atoms with Crippen LogP contribution in [0, 0.1) is 0 Å². The summed E-state index contributed by atoms with van der Waals surface area (Å²) in [5.41, 5.74) is -0.149. The zero-order chi connectivity index (χ0) is 16.8. The number of nitrogens with one attached hydrogen (secondary N) is 3. The van der Waals surface area contributed by atoms with Gasteiger partial charge in [0, 0.05) is 18.6 Å². The molecule has 0 unspecified atom stereocenters. The van der Waals surface area contributed by atoms with Gasteiger partial charge in [-0.3, -0.25) is 19.3 Å². The van der Waals surface area contributed by atoms with Gasteiger partial charge < -0.3 is 16.0 Å². The SMILES string of the molecule is Cl.Cl.O=C(CNC(=O)C1(n2cccn2)CCNCC1)Nc1cccnc1. The van der Waals surface area contributed by atoms with Crippen LogP contribution in [-0.4, -0.2) is 46.2 Å². The van der Waals surface area contributed by atoms with Crippen LogP contribution in [0.1, 0.15) is 12.8 Å². The topological polar surface area (TPSA) is 101 Å². The summed E-state index contributed by atoms with van der Waals surface area (Å²) in [7, 11) is 0. The highest BCUT2D eigenvalue weighted by Gasteiger charge is 2.41. The molecule has 0 bridgehead atoms. The summed E-state index contributed by atoms with van der Waals surface area (Å²) in [5, 5.41) is 12.9. The van der Waals surface area contributed by atoms with Gasteiger partial charge in [0.05, 0.1) is 18.4 Å². The van der Waals surface area contributed by atoms with E-state index in [9.17, 15) is 9.59 Å². The standard InChI is InChI=1S/C16H20N6O2.2ClH/c23-14(21-13-3-1-6-18-11-13)12-19-15(24)16(4-8-17-9-5-16)22-10-2-7-20-22;;/h1-3,6-7,10-11,17H,4-5,8-9,12H2,(H,19,24)(H,21,23);2*1H. The number of carbonyl (C=O) groups excluding carboxylic acids is 2. The van der Waals surface area contributed by atoms with Gasteiger partial charge in [0.25, 0.3) is 0 Å². The maximum Gasteiger partial charge on any atom is 0.248 e. The van der Waals surface area contributed by atoms with Gasteiger partial charge in [0.15, 0.2) is 0 Å². The highest BCUT2D eigenvalue weighted by molar-refractivity contribution is 5.95. The Morgan fingerprint density at radius 3 is 2.58 bits per heavy atom. The van der Waals surface area contributed by atoms with Crippen LogP contribution in [0.3, 0.4) is 0 Å². The lowest BCUT2D eigenvalue weighted by Crippen LogP contribution is -2.55. The molecule has 1 saturated heterocycles. The highest BCUT2D eigenvalue weighted by Crippen LogP contribution is 2.27. The molecule has 0 aliphatic carbocycles. The number of piperidine rings is 1. The van der Waals surface area contributed by atoms with E-state index in [0.717, 1.165) is 13.1 Å². The molecule has 1 aliphatic heterocycles. The lowest BCUT2D eigenvalue weighted by molar-refractivity contribution is -0.133. The predicted octanol–water partition coefficient (Wildman–Crippen LogP) is 0.955. The highest BCUT2D eigenvalue weighted by atomic mass is 35.5. The summed E-state index contributed by atoms with van der Waals surface area (Å²) in [4.78, 5) is 28.7. The van der Waals surface area contributed by atoms with Crippen LogP contribution in [-0.2, 0) is 15.1 Å². The second-order valence-corrected chi connectivity index (χ2v) is 5.70. The molecule has 0 saturated carbocycles. The van der Waals surface area contributed by atoms with Crippen LogP contribution in [0.5, 0.6) is 0 Å². The molecule has 26 heavy (non-hydrogen) atoms. The Bertz CT molecular complexity index is 690. The van der Waals surface area contributed by atoms with Crippen molar-refractivity contribution in [1.29, 1.82) is 0 Å². The molecule has 8 nitrogen and oxygen atoms in total. The van der Waals surface area contributed by atoms with E-state index < -0.39 is 5.54 Å². The summed E-state index contributed by atoms with van der Waals surface area (Å²) in [6.07, 6.45) is 7.89. The smallest absolute Gasteiger partial charge is 0.248 e. The Balaban J connectivity index is 0.00000169. The first-order valence-electron chi connectivity index (χ1n) is 7.90. The summed E-state index contributed by atoms with van der Waals surface area (Å²) in [6.45, 7) is 1.37. The second-order valence-electron chi connectivity index (χ2n) is 5.70. The van der Waals surface area contributed by atoms with Crippen molar-refractivity contribution in [3.63, 3.8) is 0 Å². The third kappa shape index (κ3) is 4.94. The number of hydrogen-bond donors (Lipinski definition) is 3. The van der Waals surface area contributed by atoms with Crippen molar-refractivity contribution in [3.05, 3.63) is 43.0 Å². The van der Waals surface area contributed by atoms with E-state index in [1.54, 1.807) is 47.7 Å². The van der Waals surface area contributed by atoms with Crippen LogP contribution in [0.4, 0.5) is 5.69 Å². The van der Waals surface area contributed by atoms with Crippen molar-refractivity contribution in [3.8, 4) is 0 Å². The van der Waals surface area contributed by atoms with Crippen LogP contribution in [0.25, 0.3) is 0 Å². The first-order valence-corrected chi connectivity index (χ1v) is 7.90. The van der Waals surface area contributed by atoms with E-state index in [4.69, 9.17) is 0 Å². The summed E-state index contributed by atoms with van der Waals surface area (Å²) in [5.74, 6) is -0.477. The normalized spacial score (nSPS) is 15.1. The molecular weight excluding hydrogens is 379 g/mol. The molecule has 3 rings (SSSR count). The Hall–Kier alpha value is -2.16. The van der Waals surface area contributed by atoms with Crippen molar-refractivity contribution < 1.29 is 9.59 Å². The molecule has 1 aliphatic rings. The molecule has 0 aromatic carbocycles. The van der Waals surface area contributed by atoms with Gasteiger partial charge in [-0.05, 0) is 44.1 Å². The van der Waals surface area contributed by atoms with Crippen molar-refractivity contribution in [2.45, 2.75) is 18.4 Å². The van der Waals surface area contributed by atoms with Gasteiger partial charge in [-0.25, -0.2) is 0 Å². The number of halogens is 2. The zero-order valence-corrected chi connectivity index (χ0v) is 15.7. The molecule has 3 N–H and O–H groups in total. The lowest BCUT2D eigenvalue weighted by Gasteiger charge is -2.36. The van der Waals surface area contributed by atoms with E-state index in [2.05, 4.69) is 26.0 Å². The number of rotatable bonds is 5. The Labute approximate surface area is 164 Å². The van der Waals surface area contributed by atoms with Crippen LogP contribution in [0.2, 0.25) is 0 Å². The summed E-state index contributed by atoms with van der Waals surface area (Å²) >= 11 is 0. The number of aromatic nitrogens is 3. The fourth-order valence-electron chi connectivity index (χ4n) is 2.89. The molecule has 2 aromatic rings. The number of carbonyl (C=O) groups is 2. The predicted molar refractivity (Wildman–Crippen MR) is 103 cm³/mol. The number of hydrogen-bond acceptors (Lipinski definition) is 5. The number of amides is 2. The van der Waals surface area contributed by atoms with Crippen molar-refractivity contribution >= 4 is 42.3 Å². The molecule has 0 spiro atoms. The fourth-order valence-corrected chi connectivity index (χ4v) is 2.89. The quantitative estimate of drug-likeness (QED) is 0.693. The lowest BCUT2D eigenvalue weighted by atomic mass is 9.87. The van der Waals surface area contributed by atoms with Crippen LogP contribution >= 0.6 is 24.8 Å². The summed E-state index contributed by atoms with van der Waals surface area (Å²) in [6, 6.07) is 5.27. The number of pyridine rings is 1.